The molecule has 0 aliphatic rings. The van der Waals surface area contributed by atoms with Crippen molar-refractivity contribution >= 4 is 21.6 Å². The summed E-state index contributed by atoms with van der Waals surface area (Å²) in [6.07, 6.45) is -3.21. The van der Waals surface area contributed by atoms with Gasteiger partial charge in [0.15, 0.2) is 5.82 Å². The molecule has 0 aliphatic carbocycles. The summed E-state index contributed by atoms with van der Waals surface area (Å²) in [5.41, 5.74) is -2.11. The van der Waals surface area contributed by atoms with E-state index in [2.05, 4.69) is 15.9 Å². The first-order valence-corrected chi connectivity index (χ1v) is 4.15. The van der Waals surface area contributed by atoms with Gasteiger partial charge >= 0.3 is 0 Å². The average molecular weight is 270 g/mol. The number of nitrogens with zero attached hydrogens (tertiary/aromatic N) is 1. The van der Waals surface area contributed by atoms with Crippen molar-refractivity contribution < 1.29 is 18.1 Å². The van der Waals surface area contributed by atoms with Gasteiger partial charge in [0.25, 0.3) is 12.1 Å². The minimum Gasteiger partial charge on any atom is -0.258 e. The van der Waals surface area contributed by atoms with Crippen molar-refractivity contribution in [3.63, 3.8) is 0 Å². The van der Waals surface area contributed by atoms with Crippen LogP contribution in [0.5, 0.6) is 0 Å². The molecular weight excluding hydrogens is 267 g/mol. The molecule has 0 unspecified atom stereocenters. The van der Waals surface area contributed by atoms with Crippen LogP contribution in [0.2, 0.25) is 0 Å². The van der Waals surface area contributed by atoms with Crippen LogP contribution in [0.25, 0.3) is 0 Å². The maximum atomic E-state index is 13.0. The SMILES string of the molecule is O=[N+]([O-])c1ccc(Br)c(F)c1C(F)F. The first-order chi connectivity index (χ1) is 6.45. The zero-order valence-electron chi connectivity index (χ0n) is 6.51. The van der Waals surface area contributed by atoms with E-state index in [4.69, 9.17) is 0 Å². The maximum Gasteiger partial charge on any atom is 0.281 e. The van der Waals surface area contributed by atoms with E-state index in [9.17, 15) is 23.3 Å². The second kappa shape index (κ2) is 3.95. The van der Waals surface area contributed by atoms with Gasteiger partial charge in [-0.05, 0) is 22.0 Å². The van der Waals surface area contributed by atoms with Gasteiger partial charge in [0.05, 0.1) is 9.40 Å². The summed E-state index contributed by atoms with van der Waals surface area (Å²) in [5, 5.41) is 10.3. The van der Waals surface area contributed by atoms with Gasteiger partial charge in [-0.3, -0.25) is 10.1 Å². The molecule has 14 heavy (non-hydrogen) atoms. The molecule has 0 atom stereocenters. The Bertz CT molecular complexity index is 383. The Labute approximate surface area is 84.8 Å². The Hall–Kier alpha value is -1.11. The Morgan fingerprint density at radius 2 is 2.00 bits per heavy atom. The molecule has 0 heterocycles. The largest absolute Gasteiger partial charge is 0.281 e. The first-order valence-electron chi connectivity index (χ1n) is 3.35. The Morgan fingerprint density at radius 1 is 1.43 bits per heavy atom. The predicted octanol–water partition coefficient (Wildman–Crippen LogP) is 3.43. The molecule has 7 heteroatoms. The number of halogens is 4. The molecule has 76 valence electrons. The number of hydrogen-bond acceptors (Lipinski definition) is 2. The van der Waals surface area contributed by atoms with Gasteiger partial charge in [-0.1, -0.05) is 0 Å². The maximum absolute atomic E-state index is 13.0. The van der Waals surface area contributed by atoms with Crippen molar-refractivity contribution in [3.8, 4) is 0 Å². The fraction of sp³-hybridized carbons (Fsp3) is 0.143. The Balaban J connectivity index is 3.45. The van der Waals surface area contributed by atoms with E-state index < -0.39 is 28.4 Å². The quantitative estimate of drug-likeness (QED) is 0.610. The van der Waals surface area contributed by atoms with Gasteiger partial charge < -0.3 is 0 Å². The predicted molar refractivity (Wildman–Crippen MR) is 45.7 cm³/mol. The average Bonchev–Trinajstić information content (AvgIpc) is 2.08. The van der Waals surface area contributed by atoms with Gasteiger partial charge in [0.1, 0.15) is 5.56 Å². The Morgan fingerprint density at radius 3 is 2.43 bits per heavy atom. The van der Waals surface area contributed by atoms with E-state index in [1.807, 2.05) is 0 Å². The lowest BCUT2D eigenvalue weighted by Crippen LogP contribution is -1.99. The molecule has 0 amide bonds. The number of benzene rings is 1. The summed E-state index contributed by atoms with van der Waals surface area (Å²) < 4.78 is 37.3. The normalized spacial score (nSPS) is 10.6. The molecule has 0 saturated carbocycles. The van der Waals surface area contributed by atoms with Crippen LogP contribution in [0.4, 0.5) is 18.9 Å². The minimum absolute atomic E-state index is 0.224. The smallest absolute Gasteiger partial charge is 0.258 e. The summed E-state index contributed by atoms with van der Waals surface area (Å²) >= 11 is 2.67. The van der Waals surface area contributed by atoms with Crippen LogP contribution in [0.3, 0.4) is 0 Å². The lowest BCUT2D eigenvalue weighted by molar-refractivity contribution is -0.386. The van der Waals surface area contributed by atoms with Crippen LogP contribution < -0.4 is 0 Å². The van der Waals surface area contributed by atoms with E-state index in [0.29, 0.717) is 0 Å². The third kappa shape index (κ3) is 1.87. The fourth-order valence-corrected chi connectivity index (χ4v) is 1.27. The molecule has 0 radical (unpaired) electrons. The van der Waals surface area contributed by atoms with E-state index in [0.717, 1.165) is 12.1 Å². The molecule has 3 nitrogen and oxygen atoms in total. The molecule has 0 saturated heterocycles. The van der Waals surface area contributed by atoms with E-state index in [1.54, 1.807) is 0 Å². The zero-order valence-corrected chi connectivity index (χ0v) is 8.09. The van der Waals surface area contributed by atoms with Crippen LogP contribution in [-0.4, -0.2) is 4.92 Å². The second-order valence-electron chi connectivity index (χ2n) is 2.35. The van der Waals surface area contributed by atoms with E-state index in [-0.39, 0.29) is 4.47 Å². The molecule has 1 aromatic rings. The van der Waals surface area contributed by atoms with Crippen LogP contribution in [0.15, 0.2) is 16.6 Å². The fourth-order valence-electron chi connectivity index (χ4n) is 0.923. The number of rotatable bonds is 2. The Kier molecular flexibility index (Phi) is 3.10. The zero-order chi connectivity index (χ0) is 10.9. The number of alkyl halides is 2. The molecule has 1 rings (SSSR count). The molecule has 0 spiro atoms. The first kappa shape index (κ1) is 11.0. The van der Waals surface area contributed by atoms with Crippen LogP contribution >= 0.6 is 15.9 Å². The summed E-state index contributed by atoms with van der Waals surface area (Å²) in [5.74, 6) is -1.30. The van der Waals surface area contributed by atoms with Gasteiger partial charge in [-0.25, -0.2) is 13.2 Å². The molecule has 0 aliphatic heterocycles. The second-order valence-corrected chi connectivity index (χ2v) is 3.21. The number of nitro benzene ring substituents is 1. The molecule has 0 N–H and O–H groups in total. The van der Waals surface area contributed by atoms with Gasteiger partial charge in [0, 0.05) is 6.07 Å². The highest BCUT2D eigenvalue weighted by Crippen LogP contribution is 2.34. The number of hydrogen-bond donors (Lipinski definition) is 0. The van der Waals surface area contributed by atoms with Crippen molar-refractivity contribution in [1.82, 2.24) is 0 Å². The highest BCUT2D eigenvalue weighted by Gasteiger charge is 2.27. The van der Waals surface area contributed by atoms with Crippen molar-refractivity contribution in [2.75, 3.05) is 0 Å². The highest BCUT2D eigenvalue weighted by molar-refractivity contribution is 9.10. The van der Waals surface area contributed by atoms with Crippen LogP contribution in [0.1, 0.15) is 12.0 Å². The van der Waals surface area contributed by atoms with Crippen molar-refractivity contribution in [1.29, 1.82) is 0 Å². The molecular formula is C7H3BrF3NO2. The summed E-state index contributed by atoms with van der Waals surface area (Å²) in [6, 6.07) is 1.84. The highest BCUT2D eigenvalue weighted by atomic mass is 79.9. The number of nitro groups is 1. The van der Waals surface area contributed by atoms with Crippen molar-refractivity contribution in [2.24, 2.45) is 0 Å². The third-order valence-corrected chi connectivity index (χ3v) is 2.14. The summed E-state index contributed by atoms with van der Waals surface area (Å²) in [6.45, 7) is 0. The van der Waals surface area contributed by atoms with E-state index >= 15 is 0 Å². The molecule has 0 bridgehead atoms. The molecule has 0 aromatic heterocycles. The van der Waals surface area contributed by atoms with Crippen molar-refractivity contribution in [2.45, 2.75) is 6.43 Å². The van der Waals surface area contributed by atoms with Crippen molar-refractivity contribution in [3.05, 3.63) is 38.1 Å². The van der Waals surface area contributed by atoms with E-state index in [1.165, 1.54) is 0 Å². The lowest BCUT2D eigenvalue weighted by Gasteiger charge is -2.04. The topological polar surface area (TPSA) is 43.1 Å². The standard InChI is InChI=1S/C7H3BrF3NO2/c8-3-1-2-4(12(13)14)5(6(3)9)7(10)11/h1-2,7H. The minimum atomic E-state index is -3.21. The third-order valence-electron chi connectivity index (χ3n) is 1.52. The molecule has 0 fully saturated rings. The van der Waals surface area contributed by atoms with Gasteiger partial charge in [-0.2, -0.15) is 0 Å². The van der Waals surface area contributed by atoms with Gasteiger partial charge in [0.2, 0.25) is 0 Å². The summed E-state index contributed by atoms with van der Waals surface area (Å²) in [7, 11) is 0. The lowest BCUT2D eigenvalue weighted by atomic mass is 10.2. The monoisotopic (exact) mass is 269 g/mol. The summed E-state index contributed by atoms with van der Waals surface area (Å²) in [4.78, 5) is 9.24. The molecule has 1 aromatic carbocycles. The van der Waals surface area contributed by atoms with Gasteiger partial charge in [-0.15, -0.1) is 0 Å². The van der Waals surface area contributed by atoms with Crippen LogP contribution in [0, 0.1) is 15.9 Å². The van der Waals surface area contributed by atoms with Crippen LogP contribution in [-0.2, 0) is 0 Å².